The molecule has 0 bridgehead atoms. The molecule has 4 amide bonds. The molecule has 1 N–H and O–H groups in total. The van der Waals surface area contributed by atoms with Crippen LogP contribution in [0.1, 0.15) is 38.2 Å². The van der Waals surface area contributed by atoms with Crippen LogP contribution in [-0.2, 0) is 9.59 Å². The van der Waals surface area contributed by atoms with Crippen molar-refractivity contribution < 1.29 is 14.4 Å². The number of nitrogens with zero attached hydrogens (tertiary/aromatic N) is 3. The summed E-state index contributed by atoms with van der Waals surface area (Å²) >= 11 is 0. The number of aryl methyl sites for hydroxylation is 1. The first-order valence-electron chi connectivity index (χ1n) is 10.6. The standard InChI is InChI=1S/C22H30N4O3/c1-16-6-8-22(9-7-16)20(28)26(21(29)23-22)15-19(27)25-12-10-24(11-13-25)18-5-3-4-17(2)14-18/h3-5,14,16H,6-13,15H2,1-2H3,(H,23,29). The van der Waals surface area contributed by atoms with Crippen LogP contribution in [-0.4, -0.2) is 65.9 Å². The van der Waals surface area contributed by atoms with Crippen molar-refractivity contribution in [3.05, 3.63) is 29.8 Å². The number of imide groups is 1. The van der Waals surface area contributed by atoms with Crippen molar-refractivity contribution in [2.75, 3.05) is 37.6 Å². The molecule has 0 unspecified atom stereocenters. The fourth-order valence-corrected chi connectivity index (χ4v) is 4.69. The number of piperazine rings is 1. The van der Waals surface area contributed by atoms with Crippen molar-refractivity contribution in [1.82, 2.24) is 15.1 Å². The van der Waals surface area contributed by atoms with Gasteiger partial charge in [-0.3, -0.25) is 14.5 Å². The predicted octanol–water partition coefficient (Wildman–Crippen LogP) is 2.14. The van der Waals surface area contributed by atoms with Crippen molar-refractivity contribution in [2.45, 2.75) is 45.1 Å². The van der Waals surface area contributed by atoms with Crippen LogP contribution >= 0.6 is 0 Å². The van der Waals surface area contributed by atoms with Crippen LogP contribution in [0.4, 0.5) is 10.5 Å². The Bertz CT molecular complexity index is 808. The van der Waals surface area contributed by atoms with Crippen molar-refractivity contribution in [1.29, 1.82) is 0 Å². The number of carbonyl (C=O) groups excluding carboxylic acids is 3. The molecule has 0 aromatic heterocycles. The first-order chi connectivity index (χ1) is 13.9. The molecule has 156 valence electrons. The van der Waals surface area contributed by atoms with Crippen molar-refractivity contribution >= 4 is 23.5 Å². The van der Waals surface area contributed by atoms with E-state index in [2.05, 4.69) is 42.3 Å². The van der Waals surface area contributed by atoms with E-state index in [1.807, 2.05) is 6.07 Å². The minimum Gasteiger partial charge on any atom is -0.368 e. The van der Waals surface area contributed by atoms with Gasteiger partial charge in [0.05, 0.1) is 0 Å². The van der Waals surface area contributed by atoms with Gasteiger partial charge in [-0.1, -0.05) is 19.1 Å². The smallest absolute Gasteiger partial charge is 0.325 e. The molecule has 2 aliphatic heterocycles. The normalized spacial score (nSPS) is 27.5. The minimum absolute atomic E-state index is 0.154. The zero-order chi connectivity index (χ0) is 20.6. The second-order valence-electron chi connectivity index (χ2n) is 8.79. The number of urea groups is 1. The molecular formula is C22H30N4O3. The Morgan fingerprint density at radius 1 is 1.14 bits per heavy atom. The van der Waals surface area contributed by atoms with Gasteiger partial charge in [0.1, 0.15) is 12.1 Å². The van der Waals surface area contributed by atoms with E-state index in [0.29, 0.717) is 31.8 Å². The summed E-state index contributed by atoms with van der Waals surface area (Å²) in [4.78, 5) is 43.4. The number of hydrogen-bond donors (Lipinski definition) is 1. The van der Waals surface area contributed by atoms with E-state index in [-0.39, 0.29) is 18.4 Å². The SMILES string of the molecule is Cc1cccc(N2CCN(C(=O)CN3C(=O)NC4(CCC(C)CC4)C3=O)CC2)c1. The zero-order valence-corrected chi connectivity index (χ0v) is 17.3. The Labute approximate surface area is 172 Å². The molecule has 7 heteroatoms. The van der Waals surface area contributed by atoms with E-state index in [1.54, 1.807) is 4.90 Å². The molecule has 0 atom stereocenters. The molecule has 7 nitrogen and oxygen atoms in total. The van der Waals surface area contributed by atoms with Gasteiger partial charge in [0.2, 0.25) is 5.91 Å². The van der Waals surface area contributed by atoms with E-state index in [9.17, 15) is 14.4 Å². The lowest BCUT2D eigenvalue weighted by molar-refractivity contribution is -0.139. The summed E-state index contributed by atoms with van der Waals surface area (Å²) in [5.41, 5.74) is 1.60. The van der Waals surface area contributed by atoms with Gasteiger partial charge < -0.3 is 15.1 Å². The second-order valence-corrected chi connectivity index (χ2v) is 8.79. The van der Waals surface area contributed by atoms with Gasteiger partial charge in [-0.05, 0) is 56.2 Å². The van der Waals surface area contributed by atoms with Crippen molar-refractivity contribution in [3.63, 3.8) is 0 Å². The van der Waals surface area contributed by atoms with E-state index in [4.69, 9.17) is 0 Å². The Kier molecular flexibility index (Phi) is 5.23. The van der Waals surface area contributed by atoms with E-state index >= 15 is 0 Å². The lowest BCUT2D eigenvalue weighted by atomic mass is 9.77. The lowest BCUT2D eigenvalue weighted by Gasteiger charge is -2.37. The molecule has 0 radical (unpaired) electrons. The summed E-state index contributed by atoms with van der Waals surface area (Å²) in [6.45, 7) is 6.77. The zero-order valence-electron chi connectivity index (χ0n) is 17.3. The maximum absolute atomic E-state index is 13.0. The first kappa shape index (κ1) is 19.7. The van der Waals surface area contributed by atoms with Gasteiger partial charge in [0, 0.05) is 31.9 Å². The third kappa shape index (κ3) is 3.82. The highest BCUT2D eigenvalue weighted by Gasteiger charge is 2.52. The summed E-state index contributed by atoms with van der Waals surface area (Å²) in [6.07, 6.45) is 3.18. The minimum atomic E-state index is -0.784. The van der Waals surface area contributed by atoms with E-state index < -0.39 is 11.6 Å². The molecule has 1 saturated carbocycles. The molecule has 2 saturated heterocycles. The number of hydrogen-bond acceptors (Lipinski definition) is 4. The molecular weight excluding hydrogens is 368 g/mol. The largest absolute Gasteiger partial charge is 0.368 e. The van der Waals surface area contributed by atoms with Gasteiger partial charge in [0.15, 0.2) is 0 Å². The average Bonchev–Trinajstić information content (AvgIpc) is 2.94. The quantitative estimate of drug-likeness (QED) is 0.792. The van der Waals surface area contributed by atoms with E-state index in [1.165, 1.54) is 11.3 Å². The number of carbonyl (C=O) groups is 3. The summed E-state index contributed by atoms with van der Waals surface area (Å²) in [6, 6.07) is 7.93. The third-order valence-electron chi connectivity index (χ3n) is 6.67. The van der Waals surface area contributed by atoms with Crippen LogP contribution in [0.2, 0.25) is 0 Å². The molecule has 4 rings (SSSR count). The molecule has 3 fully saturated rings. The molecule has 1 aromatic carbocycles. The number of benzene rings is 1. The predicted molar refractivity (Wildman–Crippen MR) is 111 cm³/mol. The highest BCUT2D eigenvalue weighted by atomic mass is 16.2. The molecule has 3 aliphatic rings. The topological polar surface area (TPSA) is 73.0 Å². The molecule has 1 aromatic rings. The number of amides is 4. The van der Waals surface area contributed by atoms with Crippen molar-refractivity contribution in [2.24, 2.45) is 5.92 Å². The van der Waals surface area contributed by atoms with Crippen LogP contribution < -0.4 is 10.2 Å². The van der Waals surface area contributed by atoms with E-state index in [0.717, 1.165) is 30.8 Å². The summed E-state index contributed by atoms with van der Waals surface area (Å²) in [5.74, 6) is 0.200. The molecule has 2 heterocycles. The Morgan fingerprint density at radius 3 is 2.48 bits per heavy atom. The van der Waals surface area contributed by atoms with Gasteiger partial charge in [-0.2, -0.15) is 0 Å². The summed E-state index contributed by atoms with van der Waals surface area (Å²) in [7, 11) is 0. The molecule has 29 heavy (non-hydrogen) atoms. The maximum atomic E-state index is 13.0. The Balaban J connectivity index is 1.34. The fraction of sp³-hybridized carbons (Fsp3) is 0.591. The lowest BCUT2D eigenvalue weighted by Crippen LogP contribution is -2.52. The van der Waals surface area contributed by atoms with Crippen LogP contribution in [0, 0.1) is 12.8 Å². The van der Waals surface area contributed by atoms with Gasteiger partial charge in [0.25, 0.3) is 5.91 Å². The van der Waals surface area contributed by atoms with Gasteiger partial charge in [-0.15, -0.1) is 0 Å². The maximum Gasteiger partial charge on any atom is 0.325 e. The van der Waals surface area contributed by atoms with Gasteiger partial charge in [-0.25, -0.2) is 4.79 Å². The highest BCUT2D eigenvalue weighted by Crippen LogP contribution is 2.36. The number of rotatable bonds is 3. The Morgan fingerprint density at radius 2 is 1.83 bits per heavy atom. The molecule has 1 aliphatic carbocycles. The average molecular weight is 399 g/mol. The number of nitrogens with one attached hydrogen (secondary N) is 1. The monoisotopic (exact) mass is 398 g/mol. The second kappa shape index (κ2) is 7.69. The third-order valence-corrected chi connectivity index (χ3v) is 6.67. The Hall–Kier alpha value is -2.57. The van der Waals surface area contributed by atoms with Gasteiger partial charge >= 0.3 is 6.03 Å². The summed E-state index contributed by atoms with van der Waals surface area (Å²) < 4.78 is 0. The van der Waals surface area contributed by atoms with Crippen LogP contribution in [0.5, 0.6) is 0 Å². The fourth-order valence-electron chi connectivity index (χ4n) is 4.69. The van der Waals surface area contributed by atoms with Crippen LogP contribution in [0.25, 0.3) is 0 Å². The van der Waals surface area contributed by atoms with Crippen LogP contribution in [0.15, 0.2) is 24.3 Å². The van der Waals surface area contributed by atoms with Crippen LogP contribution in [0.3, 0.4) is 0 Å². The summed E-state index contributed by atoms with van der Waals surface area (Å²) in [5, 5.41) is 2.89. The first-order valence-corrected chi connectivity index (χ1v) is 10.6. The molecule has 1 spiro atoms. The number of anilines is 1. The van der Waals surface area contributed by atoms with Crippen molar-refractivity contribution in [3.8, 4) is 0 Å². The highest BCUT2D eigenvalue weighted by molar-refractivity contribution is 6.09.